The molecule has 9 nitrogen and oxygen atoms in total. The highest BCUT2D eigenvalue weighted by Gasteiger charge is 2.36. The van der Waals surface area contributed by atoms with Crippen LogP contribution in [-0.4, -0.2) is 63.1 Å². The van der Waals surface area contributed by atoms with Gasteiger partial charge in [0, 0.05) is 25.6 Å². The summed E-state index contributed by atoms with van der Waals surface area (Å²) in [5, 5.41) is 5.45. The van der Waals surface area contributed by atoms with Crippen molar-refractivity contribution in [3.05, 3.63) is 65.7 Å². The predicted molar refractivity (Wildman–Crippen MR) is 169 cm³/mol. The van der Waals surface area contributed by atoms with Crippen LogP contribution >= 0.6 is 0 Å². The average Bonchev–Trinajstić information content (AvgIpc) is 3.80. The SMILES string of the molecule is CCCC(CCC)S(=O)(=O)CC(NC(=O)CC1CC1)C(=O)O[C@H](CNCc1cccc(OC)c1)[C@@H](N)Cc1ccccc1. The second-order valence-electron chi connectivity index (χ2n) is 11.6. The van der Waals surface area contributed by atoms with Crippen LogP contribution in [0.2, 0.25) is 0 Å². The van der Waals surface area contributed by atoms with Crippen LogP contribution in [0.15, 0.2) is 54.6 Å². The van der Waals surface area contributed by atoms with E-state index in [2.05, 4.69) is 10.6 Å². The van der Waals surface area contributed by atoms with E-state index in [1.54, 1.807) is 7.11 Å². The predicted octanol–water partition coefficient (Wildman–Crippen LogP) is 3.94. The smallest absolute Gasteiger partial charge is 0.330 e. The summed E-state index contributed by atoms with van der Waals surface area (Å²) in [6, 6.07) is 15.4. The van der Waals surface area contributed by atoms with E-state index in [-0.39, 0.29) is 24.8 Å². The van der Waals surface area contributed by atoms with Gasteiger partial charge in [-0.2, -0.15) is 0 Å². The van der Waals surface area contributed by atoms with Gasteiger partial charge in [-0.1, -0.05) is 69.2 Å². The number of hydrogen-bond acceptors (Lipinski definition) is 8. The van der Waals surface area contributed by atoms with E-state index >= 15 is 0 Å². The second kappa shape index (κ2) is 17.4. The number of esters is 1. The van der Waals surface area contributed by atoms with Crippen molar-refractivity contribution < 1.29 is 27.5 Å². The molecule has 3 atom stereocenters. The quantitative estimate of drug-likeness (QED) is 0.191. The lowest BCUT2D eigenvalue weighted by Crippen LogP contribution is -2.52. The standard InChI is InChI=1S/C33H49N3O6S/c1-4-10-28(11-5-2)43(39,40)23-30(36-32(37)20-25-16-17-25)33(38)42-31(29(34)19-24-12-7-6-8-13-24)22-35-21-26-14-9-15-27(18-26)41-3/h6-9,12-15,18,25,28-31,35H,4-5,10-11,16-17,19-23,34H2,1-3H3,(H,36,37)/t29-,30?,31+/m0/s1. The first kappa shape index (κ1) is 34.5. The lowest BCUT2D eigenvalue weighted by Gasteiger charge is -2.28. The highest BCUT2D eigenvalue weighted by Crippen LogP contribution is 2.32. The van der Waals surface area contributed by atoms with Gasteiger partial charge in [0.2, 0.25) is 5.91 Å². The number of nitrogens with one attached hydrogen (secondary N) is 2. The minimum atomic E-state index is -3.69. The molecule has 0 aromatic heterocycles. The molecular weight excluding hydrogens is 566 g/mol. The number of hydrogen-bond donors (Lipinski definition) is 3. The number of benzene rings is 2. The fraction of sp³-hybridized carbons (Fsp3) is 0.576. The molecule has 1 unspecified atom stereocenters. The van der Waals surface area contributed by atoms with Gasteiger partial charge < -0.3 is 25.8 Å². The third-order valence-corrected chi connectivity index (χ3v) is 10.1. The van der Waals surface area contributed by atoms with Gasteiger partial charge in [0.25, 0.3) is 0 Å². The fourth-order valence-electron chi connectivity index (χ4n) is 5.19. The summed E-state index contributed by atoms with van der Waals surface area (Å²) in [7, 11) is -2.08. The maximum Gasteiger partial charge on any atom is 0.330 e. The number of methoxy groups -OCH3 is 1. The first-order valence-corrected chi connectivity index (χ1v) is 17.2. The van der Waals surface area contributed by atoms with Crippen LogP contribution in [0.3, 0.4) is 0 Å². The molecule has 2 aromatic rings. The largest absolute Gasteiger partial charge is 0.497 e. The van der Waals surface area contributed by atoms with Crippen LogP contribution in [0.4, 0.5) is 0 Å². The number of carbonyl (C=O) groups is 2. The van der Waals surface area contributed by atoms with E-state index in [1.165, 1.54) is 0 Å². The normalized spacial score (nSPS) is 15.5. The molecule has 2 aromatic carbocycles. The summed E-state index contributed by atoms with van der Waals surface area (Å²) in [5.41, 5.74) is 8.58. The Morgan fingerprint density at radius 2 is 1.67 bits per heavy atom. The van der Waals surface area contributed by atoms with Crippen LogP contribution in [0.25, 0.3) is 0 Å². The zero-order valence-corrected chi connectivity index (χ0v) is 26.6. The zero-order chi connectivity index (χ0) is 31.2. The summed E-state index contributed by atoms with van der Waals surface area (Å²) in [4.78, 5) is 26.5. The molecular formula is C33H49N3O6S. The molecule has 1 aliphatic carbocycles. The Bertz CT molecular complexity index is 1250. The molecule has 1 amide bonds. The van der Waals surface area contributed by atoms with Gasteiger partial charge in [-0.15, -0.1) is 0 Å². The molecule has 43 heavy (non-hydrogen) atoms. The van der Waals surface area contributed by atoms with Crippen LogP contribution in [0, 0.1) is 5.92 Å². The van der Waals surface area contributed by atoms with Crippen molar-refractivity contribution in [2.45, 2.75) is 95.2 Å². The summed E-state index contributed by atoms with van der Waals surface area (Å²) in [5.74, 6) is -0.586. The van der Waals surface area contributed by atoms with Crippen LogP contribution < -0.4 is 21.1 Å². The Balaban J connectivity index is 1.78. The molecule has 0 radical (unpaired) electrons. The number of amides is 1. The van der Waals surface area contributed by atoms with E-state index in [0.29, 0.717) is 38.6 Å². The Kier molecular flexibility index (Phi) is 14.0. The minimum absolute atomic E-state index is 0.237. The van der Waals surface area contributed by atoms with Crippen molar-refractivity contribution in [3.63, 3.8) is 0 Å². The summed E-state index contributed by atoms with van der Waals surface area (Å²) in [6.07, 6.45) is 4.31. The minimum Gasteiger partial charge on any atom is -0.497 e. The highest BCUT2D eigenvalue weighted by atomic mass is 32.2. The van der Waals surface area contributed by atoms with Crippen molar-refractivity contribution in [2.24, 2.45) is 11.7 Å². The highest BCUT2D eigenvalue weighted by molar-refractivity contribution is 7.92. The van der Waals surface area contributed by atoms with Gasteiger partial charge in [0.15, 0.2) is 9.84 Å². The summed E-state index contributed by atoms with van der Waals surface area (Å²) in [6.45, 7) is 4.60. The number of sulfone groups is 1. The van der Waals surface area contributed by atoms with Gasteiger partial charge in [-0.05, 0) is 61.3 Å². The van der Waals surface area contributed by atoms with Gasteiger partial charge in [-0.3, -0.25) is 4.79 Å². The van der Waals surface area contributed by atoms with E-state index in [9.17, 15) is 18.0 Å². The average molecular weight is 616 g/mol. The third kappa shape index (κ3) is 11.9. The molecule has 4 N–H and O–H groups in total. The molecule has 1 fully saturated rings. The molecule has 0 saturated heterocycles. The fourth-order valence-corrected chi connectivity index (χ4v) is 7.34. The first-order valence-electron chi connectivity index (χ1n) is 15.5. The molecule has 1 aliphatic rings. The van der Waals surface area contributed by atoms with Crippen LogP contribution in [0.5, 0.6) is 5.75 Å². The van der Waals surface area contributed by atoms with Crippen LogP contribution in [0.1, 0.15) is 69.9 Å². The zero-order valence-electron chi connectivity index (χ0n) is 25.8. The van der Waals surface area contributed by atoms with Crippen molar-refractivity contribution in [3.8, 4) is 5.75 Å². The maximum atomic E-state index is 13.7. The molecule has 3 rings (SSSR count). The Hall–Kier alpha value is -2.95. The topological polar surface area (TPSA) is 137 Å². The second-order valence-corrected chi connectivity index (χ2v) is 13.9. The maximum absolute atomic E-state index is 13.7. The molecule has 0 aliphatic heterocycles. The van der Waals surface area contributed by atoms with Crippen molar-refractivity contribution in [1.29, 1.82) is 0 Å². The van der Waals surface area contributed by atoms with E-state index in [4.69, 9.17) is 15.2 Å². The Morgan fingerprint density at radius 1 is 1.00 bits per heavy atom. The first-order chi connectivity index (χ1) is 20.6. The lowest BCUT2D eigenvalue weighted by atomic mass is 10.0. The molecule has 238 valence electrons. The lowest BCUT2D eigenvalue weighted by molar-refractivity contribution is -0.153. The van der Waals surface area contributed by atoms with Crippen LogP contribution in [-0.2, 0) is 37.1 Å². The Morgan fingerprint density at radius 3 is 2.30 bits per heavy atom. The third-order valence-electron chi connectivity index (χ3n) is 7.79. The number of ether oxygens (including phenoxy) is 2. The molecule has 0 heterocycles. The Labute approximate surface area is 257 Å². The van der Waals surface area contributed by atoms with Gasteiger partial charge in [0.1, 0.15) is 17.9 Å². The van der Waals surface area contributed by atoms with Gasteiger partial charge in [-0.25, -0.2) is 13.2 Å². The van der Waals surface area contributed by atoms with Gasteiger partial charge >= 0.3 is 5.97 Å². The summed E-state index contributed by atoms with van der Waals surface area (Å²) < 4.78 is 38.2. The van der Waals surface area contributed by atoms with E-state index in [0.717, 1.165) is 29.7 Å². The number of rotatable bonds is 20. The van der Waals surface area contributed by atoms with E-state index in [1.807, 2.05) is 68.4 Å². The van der Waals surface area contributed by atoms with Crippen molar-refractivity contribution in [2.75, 3.05) is 19.4 Å². The molecule has 0 spiro atoms. The molecule has 10 heteroatoms. The monoisotopic (exact) mass is 615 g/mol. The van der Waals surface area contributed by atoms with Crippen molar-refractivity contribution >= 4 is 21.7 Å². The van der Waals surface area contributed by atoms with E-state index < -0.39 is 45.0 Å². The number of nitrogens with two attached hydrogens (primary N) is 1. The number of carbonyl (C=O) groups excluding carboxylic acids is 2. The molecule has 0 bridgehead atoms. The summed E-state index contributed by atoms with van der Waals surface area (Å²) >= 11 is 0. The van der Waals surface area contributed by atoms with Crippen molar-refractivity contribution in [1.82, 2.24) is 10.6 Å². The molecule has 1 saturated carbocycles. The van der Waals surface area contributed by atoms with Gasteiger partial charge in [0.05, 0.1) is 18.1 Å².